The number of hydrogen-bond acceptors (Lipinski definition) is 7. The number of rotatable bonds is 9. The number of halogens is 3. The number of anilines is 1. The first kappa shape index (κ1) is 26.0. The van der Waals surface area contributed by atoms with E-state index in [1.165, 1.54) is 31.6 Å². The zero-order valence-corrected chi connectivity index (χ0v) is 22.0. The Kier molecular flexibility index (Phi) is 9.35. The second kappa shape index (κ2) is 12.2. The highest BCUT2D eigenvalue weighted by Gasteiger charge is 2.13. The minimum Gasteiger partial charge on any atom is -0.493 e. The van der Waals surface area contributed by atoms with Crippen LogP contribution >= 0.6 is 50.5 Å². The molecule has 0 bridgehead atoms. The Bertz CT molecular complexity index is 1230. The van der Waals surface area contributed by atoms with Crippen LogP contribution in [0.4, 0.5) is 5.13 Å². The van der Waals surface area contributed by atoms with E-state index in [2.05, 4.69) is 31.0 Å². The van der Waals surface area contributed by atoms with Crippen molar-refractivity contribution < 1.29 is 23.8 Å². The summed E-state index contributed by atoms with van der Waals surface area (Å²) in [4.78, 5) is 27.8. The van der Waals surface area contributed by atoms with Gasteiger partial charge in [0.15, 0.2) is 16.6 Å². The molecule has 1 aromatic heterocycles. The maximum absolute atomic E-state index is 12.3. The molecule has 0 aliphatic heterocycles. The number of hydrogen-bond donors (Lipinski definition) is 1. The summed E-state index contributed by atoms with van der Waals surface area (Å²) in [5.74, 6) is 0.235. The predicted octanol–water partition coefficient (Wildman–Crippen LogP) is 6.17. The van der Waals surface area contributed by atoms with Crippen molar-refractivity contribution in [2.75, 3.05) is 19.5 Å². The zero-order chi connectivity index (χ0) is 24.7. The first-order valence-corrected chi connectivity index (χ1v) is 12.2. The summed E-state index contributed by atoms with van der Waals surface area (Å²) in [6.07, 6.45) is 3.05. The Morgan fingerprint density at radius 1 is 1.18 bits per heavy atom. The third kappa shape index (κ3) is 7.20. The van der Waals surface area contributed by atoms with Gasteiger partial charge in [0.1, 0.15) is 6.61 Å². The number of nitrogens with zero attached hydrogens (tertiary/aromatic N) is 1. The van der Waals surface area contributed by atoms with Crippen LogP contribution in [0.2, 0.25) is 10.0 Å². The van der Waals surface area contributed by atoms with E-state index in [4.69, 9.17) is 32.7 Å². The van der Waals surface area contributed by atoms with E-state index in [-0.39, 0.29) is 18.9 Å². The van der Waals surface area contributed by atoms with Gasteiger partial charge in [0.25, 0.3) is 0 Å². The quantitative estimate of drug-likeness (QED) is 0.239. The van der Waals surface area contributed by atoms with Crippen LogP contribution in [-0.2, 0) is 27.4 Å². The highest BCUT2D eigenvalue weighted by Crippen LogP contribution is 2.38. The third-order valence-electron chi connectivity index (χ3n) is 4.38. The number of methoxy groups -OCH3 is 2. The highest BCUT2D eigenvalue weighted by atomic mass is 79.9. The molecule has 0 spiro atoms. The SMILES string of the molecule is COC(=O)Cc1csc(NC(=O)/C=C/c2cc(Br)c(OCc3ccc(Cl)c(Cl)c3)c(OC)c2)n1. The third-order valence-corrected chi connectivity index (χ3v) is 6.52. The Morgan fingerprint density at radius 3 is 2.68 bits per heavy atom. The molecule has 0 radical (unpaired) electrons. The van der Waals surface area contributed by atoms with Crippen molar-refractivity contribution >= 4 is 73.6 Å². The van der Waals surface area contributed by atoms with Crippen LogP contribution < -0.4 is 14.8 Å². The lowest BCUT2D eigenvalue weighted by molar-refractivity contribution is -0.139. The highest BCUT2D eigenvalue weighted by molar-refractivity contribution is 9.10. The number of aromatic nitrogens is 1. The van der Waals surface area contributed by atoms with Gasteiger partial charge in [0.2, 0.25) is 5.91 Å². The van der Waals surface area contributed by atoms with E-state index < -0.39 is 5.97 Å². The number of carbonyl (C=O) groups excluding carboxylic acids is 2. The maximum atomic E-state index is 12.3. The molecular formula is C23H19BrCl2N2O5S. The molecular weight excluding hydrogens is 567 g/mol. The Labute approximate surface area is 218 Å². The number of amides is 1. The molecule has 1 heterocycles. The normalized spacial score (nSPS) is 10.9. The Hall–Kier alpha value is -2.59. The number of benzene rings is 2. The lowest BCUT2D eigenvalue weighted by Crippen LogP contribution is -2.08. The van der Waals surface area contributed by atoms with Crippen molar-refractivity contribution in [3.8, 4) is 11.5 Å². The molecule has 0 saturated carbocycles. The van der Waals surface area contributed by atoms with Gasteiger partial charge in [-0.25, -0.2) is 4.98 Å². The molecule has 1 amide bonds. The second-order valence-electron chi connectivity index (χ2n) is 6.79. The molecule has 0 aliphatic carbocycles. The summed E-state index contributed by atoms with van der Waals surface area (Å²) < 4.78 is 16.6. The molecule has 0 atom stereocenters. The molecule has 0 saturated heterocycles. The molecule has 11 heteroatoms. The summed E-state index contributed by atoms with van der Waals surface area (Å²) in [7, 11) is 2.84. The van der Waals surface area contributed by atoms with E-state index in [9.17, 15) is 9.59 Å². The molecule has 3 aromatic rings. The number of carbonyl (C=O) groups is 2. The van der Waals surface area contributed by atoms with E-state index >= 15 is 0 Å². The Morgan fingerprint density at radius 2 is 1.97 bits per heavy atom. The number of nitrogens with one attached hydrogen (secondary N) is 1. The molecule has 178 valence electrons. The standard InChI is InChI=1S/C23H19BrCl2N2O5S/c1-31-19-9-13(4-6-20(29)28-23-27-15(12-34-23)10-21(30)32-2)7-16(24)22(19)33-11-14-3-5-17(25)18(26)8-14/h3-9,12H,10-11H2,1-2H3,(H,27,28,29)/b6-4+. The van der Waals surface area contributed by atoms with Crippen molar-refractivity contribution in [3.63, 3.8) is 0 Å². The molecule has 1 N–H and O–H groups in total. The summed E-state index contributed by atoms with van der Waals surface area (Å²) in [6.45, 7) is 0.259. The molecule has 0 aliphatic rings. The van der Waals surface area contributed by atoms with Crippen LogP contribution in [0.1, 0.15) is 16.8 Å². The van der Waals surface area contributed by atoms with Crippen LogP contribution in [0.15, 0.2) is 46.3 Å². The van der Waals surface area contributed by atoms with E-state index in [0.717, 1.165) is 5.56 Å². The van der Waals surface area contributed by atoms with Crippen molar-refractivity contribution in [2.24, 2.45) is 0 Å². The van der Waals surface area contributed by atoms with Crippen molar-refractivity contribution in [1.82, 2.24) is 4.98 Å². The fraction of sp³-hybridized carbons (Fsp3) is 0.174. The van der Waals surface area contributed by atoms with Gasteiger partial charge in [-0.05, 0) is 57.4 Å². The van der Waals surface area contributed by atoms with E-state index in [0.29, 0.717) is 42.4 Å². The second-order valence-corrected chi connectivity index (χ2v) is 9.32. The minimum absolute atomic E-state index is 0.0476. The molecule has 0 fully saturated rings. The first-order chi connectivity index (χ1) is 16.3. The lowest BCUT2D eigenvalue weighted by Gasteiger charge is -2.14. The van der Waals surface area contributed by atoms with E-state index in [1.807, 2.05) is 6.07 Å². The van der Waals surface area contributed by atoms with Crippen molar-refractivity contribution in [2.45, 2.75) is 13.0 Å². The maximum Gasteiger partial charge on any atom is 0.311 e. The monoisotopic (exact) mass is 584 g/mol. The number of ether oxygens (including phenoxy) is 3. The van der Waals surface area contributed by atoms with Crippen LogP contribution in [0, 0.1) is 0 Å². The topological polar surface area (TPSA) is 86.8 Å². The molecule has 3 rings (SSSR count). The molecule has 0 unspecified atom stereocenters. The van der Waals surface area contributed by atoms with Crippen LogP contribution in [-0.4, -0.2) is 31.1 Å². The molecule has 2 aromatic carbocycles. The average molecular weight is 586 g/mol. The zero-order valence-electron chi connectivity index (χ0n) is 18.1. The van der Waals surface area contributed by atoms with E-state index in [1.54, 1.807) is 35.7 Å². The van der Waals surface area contributed by atoms with Gasteiger partial charge in [-0.3, -0.25) is 14.9 Å². The van der Waals surface area contributed by atoms with Gasteiger partial charge in [0.05, 0.1) is 40.9 Å². The summed E-state index contributed by atoms with van der Waals surface area (Å²) >= 11 is 16.7. The summed E-state index contributed by atoms with van der Waals surface area (Å²) in [6, 6.07) is 8.82. The molecule has 7 nitrogen and oxygen atoms in total. The van der Waals surface area contributed by atoms with Crippen LogP contribution in [0.25, 0.3) is 6.08 Å². The van der Waals surface area contributed by atoms with Gasteiger partial charge in [0, 0.05) is 11.5 Å². The number of thiazole rings is 1. The van der Waals surface area contributed by atoms with Gasteiger partial charge >= 0.3 is 5.97 Å². The van der Waals surface area contributed by atoms with Crippen molar-refractivity contribution in [3.05, 3.63) is 73.1 Å². The minimum atomic E-state index is -0.396. The van der Waals surface area contributed by atoms with Gasteiger partial charge in [-0.15, -0.1) is 11.3 Å². The van der Waals surface area contributed by atoms with Gasteiger partial charge in [-0.2, -0.15) is 0 Å². The van der Waals surface area contributed by atoms with Gasteiger partial charge in [-0.1, -0.05) is 29.3 Å². The van der Waals surface area contributed by atoms with Crippen LogP contribution in [0.5, 0.6) is 11.5 Å². The lowest BCUT2D eigenvalue weighted by atomic mass is 10.2. The predicted molar refractivity (Wildman–Crippen MR) is 137 cm³/mol. The smallest absolute Gasteiger partial charge is 0.311 e. The Balaban J connectivity index is 1.65. The number of esters is 1. The summed E-state index contributed by atoms with van der Waals surface area (Å²) in [5.41, 5.74) is 2.09. The van der Waals surface area contributed by atoms with Crippen molar-refractivity contribution in [1.29, 1.82) is 0 Å². The van der Waals surface area contributed by atoms with Gasteiger partial charge < -0.3 is 14.2 Å². The summed E-state index contributed by atoms with van der Waals surface area (Å²) in [5, 5.41) is 5.67. The average Bonchev–Trinajstić information content (AvgIpc) is 3.25. The fourth-order valence-corrected chi connectivity index (χ4v) is 4.35. The largest absolute Gasteiger partial charge is 0.493 e. The first-order valence-electron chi connectivity index (χ1n) is 9.73. The van der Waals surface area contributed by atoms with Crippen LogP contribution in [0.3, 0.4) is 0 Å². The fourth-order valence-electron chi connectivity index (χ4n) is 2.75. The molecule has 34 heavy (non-hydrogen) atoms.